The summed E-state index contributed by atoms with van der Waals surface area (Å²) >= 11 is 0. The Hall–Kier alpha value is -1.41. The number of phosphoric ester groups is 1. The summed E-state index contributed by atoms with van der Waals surface area (Å²) in [6.45, 7) is 3.54. The van der Waals surface area contributed by atoms with E-state index in [0.29, 0.717) is 0 Å². The number of nitriles is 1. The monoisotopic (exact) mass is 273 g/mol. The van der Waals surface area contributed by atoms with Gasteiger partial charge in [-0.2, -0.15) is 5.26 Å². The fourth-order valence-electron chi connectivity index (χ4n) is 1.18. The van der Waals surface area contributed by atoms with E-state index >= 15 is 0 Å². The number of nitrogens with zero attached hydrogens (tertiary/aromatic N) is 1. The fourth-order valence-corrected chi connectivity index (χ4v) is 2.36. The van der Waals surface area contributed by atoms with Crippen molar-refractivity contribution in [2.45, 2.75) is 13.8 Å². The molecular weight excluding hydrogens is 260 g/mol. The number of phosphoric acid groups is 1. The van der Waals surface area contributed by atoms with E-state index in [1.54, 1.807) is 19.9 Å². The molecule has 0 aliphatic rings. The number of benzene rings is 1. The summed E-state index contributed by atoms with van der Waals surface area (Å²) in [5.74, 6) is -0.772. The average molecular weight is 273 g/mol. The highest BCUT2D eigenvalue weighted by Gasteiger charge is 2.27. The van der Waals surface area contributed by atoms with E-state index in [1.807, 2.05) is 0 Å². The number of halogens is 1. The van der Waals surface area contributed by atoms with E-state index in [-0.39, 0.29) is 24.5 Å². The van der Waals surface area contributed by atoms with Crippen LogP contribution in [0.15, 0.2) is 18.2 Å². The first-order chi connectivity index (χ1) is 8.54. The van der Waals surface area contributed by atoms with Crippen molar-refractivity contribution in [3.63, 3.8) is 0 Å². The molecule has 0 amide bonds. The van der Waals surface area contributed by atoms with E-state index in [9.17, 15) is 8.96 Å². The van der Waals surface area contributed by atoms with Crippen LogP contribution in [0, 0.1) is 17.1 Å². The highest BCUT2D eigenvalue weighted by Crippen LogP contribution is 2.49. The Balaban J connectivity index is 2.92. The third-order valence-electron chi connectivity index (χ3n) is 1.85. The Bertz CT molecular complexity index is 490. The first-order valence-corrected chi connectivity index (χ1v) is 6.79. The van der Waals surface area contributed by atoms with Crippen molar-refractivity contribution in [1.82, 2.24) is 0 Å². The largest absolute Gasteiger partial charge is 0.530 e. The maximum absolute atomic E-state index is 13.3. The lowest BCUT2D eigenvalue weighted by Crippen LogP contribution is -2.02. The van der Waals surface area contributed by atoms with Crippen molar-refractivity contribution in [1.29, 1.82) is 5.26 Å². The van der Waals surface area contributed by atoms with Gasteiger partial charge in [0.05, 0.1) is 18.8 Å². The zero-order chi connectivity index (χ0) is 13.6. The first-order valence-electron chi connectivity index (χ1n) is 5.33. The molecule has 0 aliphatic carbocycles. The van der Waals surface area contributed by atoms with Crippen LogP contribution in [0.25, 0.3) is 0 Å². The van der Waals surface area contributed by atoms with Crippen molar-refractivity contribution in [2.24, 2.45) is 0 Å². The average Bonchev–Trinajstić information content (AvgIpc) is 2.29. The van der Waals surface area contributed by atoms with E-state index < -0.39 is 13.6 Å². The molecule has 1 aromatic rings. The molecular formula is C11H13FNO4P. The smallest absolute Gasteiger partial charge is 0.404 e. The van der Waals surface area contributed by atoms with Crippen LogP contribution in [0.3, 0.4) is 0 Å². The molecule has 18 heavy (non-hydrogen) atoms. The summed E-state index contributed by atoms with van der Waals surface area (Å²) in [6, 6.07) is 5.19. The van der Waals surface area contributed by atoms with Gasteiger partial charge in [0, 0.05) is 6.07 Å². The Morgan fingerprint density at radius 2 is 1.94 bits per heavy atom. The minimum atomic E-state index is -3.73. The second-order valence-corrected chi connectivity index (χ2v) is 4.72. The molecule has 0 bridgehead atoms. The van der Waals surface area contributed by atoms with Gasteiger partial charge in [-0.25, -0.2) is 8.96 Å². The summed E-state index contributed by atoms with van der Waals surface area (Å²) in [7, 11) is -3.73. The molecule has 0 aliphatic heterocycles. The molecule has 0 saturated carbocycles. The van der Waals surface area contributed by atoms with Crippen LogP contribution in [0.4, 0.5) is 4.39 Å². The molecule has 5 nitrogen and oxygen atoms in total. The van der Waals surface area contributed by atoms with Gasteiger partial charge in [0.25, 0.3) is 0 Å². The normalized spacial score (nSPS) is 11.0. The van der Waals surface area contributed by atoms with Crippen molar-refractivity contribution < 1.29 is 22.5 Å². The summed E-state index contributed by atoms with van der Waals surface area (Å²) in [4.78, 5) is 0. The molecule has 1 aromatic carbocycles. The number of hydrogen-bond acceptors (Lipinski definition) is 5. The maximum atomic E-state index is 13.3. The molecule has 0 aromatic heterocycles. The predicted octanol–water partition coefficient (Wildman–Crippen LogP) is 3.26. The number of rotatable bonds is 6. The highest BCUT2D eigenvalue weighted by molar-refractivity contribution is 7.48. The zero-order valence-corrected chi connectivity index (χ0v) is 10.9. The van der Waals surface area contributed by atoms with Gasteiger partial charge in [0.2, 0.25) is 0 Å². The summed E-state index contributed by atoms with van der Waals surface area (Å²) in [6.07, 6.45) is 0. The maximum Gasteiger partial charge on any atom is 0.530 e. The lowest BCUT2D eigenvalue weighted by atomic mass is 10.2. The van der Waals surface area contributed by atoms with E-state index in [1.165, 1.54) is 12.1 Å². The van der Waals surface area contributed by atoms with E-state index in [4.69, 9.17) is 18.8 Å². The standard InChI is InChI=1S/C11H13FNO4P/c1-3-15-18(14,16-4-2)17-10-6-5-9(8-13)11(12)7-10/h5-7H,3-4H2,1-2H3. The summed E-state index contributed by atoms with van der Waals surface area (Å²) < 4.78 is 40.1. The lowest BCUT2D eigenvalue weighted by Gasteiger charge is -2.16. The van der Waals surface area contributed by atoms with Crippen LogP contribution in [-0.4, -0.2) is 13.2 Å². The highest BCUT2D eigenvalue weighted by atomic mass is 31.2. The summed E-state index contributed by atoms with van der Waals surface area (Å²) in [5.41, 5.74) is -0.120. The Kier molecular flexibility index (Phi) is 5.29. The van der Waals surface area contributed by atoms with Gasteiger partial charge in [-0.1, -0.05) is 0 Å². The molecule has 0 heterocycles. The van der Waals surface area contributed by atoms with Crippen LogP contribution in [0.5, 0.6) is 5.75 Å². The van der Waals surface area contributed by atoms with Crippen LogP contribution >= 0.6 is 7.82 Å². The van der Waals surface area contributed by atoms with Gasteiger partial charge in [-0.3, -0.25) is 9.05 Å². The Morgan fingerprint density at radius 3 is 2.39 bits per heavy atom. The van der Waals surface area contributed by atoms with Gasteiger partial charge < -0.3 is 4.52 Å². The lowest BCUT2D eigenvalue weighted by molar-refractivity contribution is 0.167. The molecule has 0 fully saturated rings. The van der Waals surface area contributed by atoms with Crippen LogP contribution in [0.1, 0.15) is 19.4 Å². The van der Waals surface area contributed by atoms with Crippen molar-refractivity contribution >= 4 is 7.82 Å². The molecule has 0 radical (unpaired) electrons. The van der Waals surface area contributed by atoms with Crippen molar-refractivity contribution in [3.05, 3.63) is 29.6 Å². The second-order valence-electron chi connectivity index (χ2n) is 3.13. The molecule has 1 rings (SSSR count). The predicted molar refractivity (Wildman–Crippen MR) is 62.6 cm³/mol. The second kappa shape index (κ2) is 6.50. The molecule has 0 N–H and O–H groups in total. The van der Waals surface area contributed by atoms with Gasteiger partial charge in [0.15, 0.2) is 0 Å². The molecule has 7 heteroatoms. The van der Waals surface area contributed by atoms with E-state index in [0.717, 1.165) is 6.07 Å². The van der Waals surface area contributed by atoms with Gasteiger partial charge >= 0.3 is 7.82 Å². The topological polar surface area (TPSA) is 68.6 Å². The minimum absolute atomic E-state index is 0.0169. The SMILES string of the molecule is CCOP(=O)(OCC)Oc1ccc(C#N)c(F)c1. The summed E-state index contributed by atoms with van der Waals surface area (Å²) in [5, 5.41) is 8.58. The third kappa shape index (κ3) is 3.81. The fraction of sp³-hybridized carbons (Fsp3) is 0.364. The van der Waals surface area contributed by atoms with Crippen molar-refractivity contribution in [3.8, 4) is 11.8 Å². The zero-order valence-electron chi connectivity index (χ0n) is 10.1. The molecule has 0 atom stereocenters. The molecule has 0 unspecified atom stereocenters. The van der Waals surface area contributed by atoms with E-state index in [2.05, 4.69) is 0 Å². The van der Waals surface area contributed by atoms with Crippen LogP contribution in [0.2, 0.25) is 0 Å². The first kappa shape index (κ1) is 14.7. The number of hydrogen-bond donors (Lipinski definition) is 0. The third-order valence-corrected chi connectivity index (χ3v) is 3.44. The molecule has 0 saturated heterocycles. The Labute approximate surface area is 105 Å². The van der Waals surface area contributed by atoms with Gasteiger partial charge in [-0.05, 0) is 26.0 Å². The van der Waals surface area contributed by atoms with Crippen LogP contribution < -0.4 is 4.52 Å². The van der Waals surface area contributed by atoms with Gasteiger partial charge in [0.1, 0.15) is 17.6 Å². The van der Waals surface area contributed by atoms with Crippen LogP contribution in [-0.2, 0) is 13.6 Å². The minimum Gasteiger partial charge on any atom is -0.404 e. The van der Waals surface area contributed by atoms with Gasteiger partial charge in [-0.15, -0.1) is 0 Å². The molecule has 0 spiro atoms. The quantitative estimate of drug-likeness (QED) is 0.744. The molecule has 98 valence electrons. The van der Waals surface area contributed by atoms with Crippen molar-refractivity contribution in [2.75, 3.05) is 13.2 Å². The Morgan fingerprint density at radius 1 is 1.33 bits per heavy atom.